The first kappa shape index (κ1) is 28.5. The lowest BCUT2D eigenvalue weighted by molar-refractivity contribution is 0.632. The molecule has 1 aromatic heterocycles. The number of benzene rings is 6. The first-order valence-corrected chi connectivity index (χ1v) is 16.0. The van der Waals surface area contributed by atoms with Gasteiger partial charge < -0.3 is 10.6 Å². The molecule has 7 aromatic rings. The predicted octanol–water partition coefficient (Wildman–Crippen LogP) is 10.8. The largest absolute Gasteiger partial charge is 0.399 e. The number of anilines is 4. The van der Waals surface area contributed by atoms with Crippen LogP contribution in [0.4, 0.5) is 22.7 Å². The van der Waals surface area contributed by atoms with Crippen LogP contribution in [0.3, 0.4) is 0 Å². The third kappa shape index (κ3) is 5.14. The zero-order valence-electron chi connectivity index (χ0n) is 26.4. The van der Waals surface area contributed by atoms with Crippen LogP contribution in [-0.2, 0) is 5.41 Å². The first-order valence-electron chi connectivity index (χ1n) is 16.0. The molecule has 0 aliphatic carbocycles. The molecule has 1 aliphatic rings. The van der Waals surface area contributed by atoms with Crippen LogP contribution in [0.5, 0.6) is 0 Å². The summed E-state index contributed by atoms with van der Waals surface area (Å²) in [5.74, 6) is 0.691. The van der Waals surface area contributed by atoms with Crippen LogP contribution in [-0.4, -0.2) is 9.97 Å². The molecule has 0 saturated carbocycles. The second-order valence-corrected chi connectivity index (χ2v) is 12.6. The number of rotatable bonds is 5. The molecule has 0 unspecified atom stereocenters. The fraction of sp³-hybridized carbons (Fsp3) is 0.0698. The Morgan fingerprint density at radius 1 is 0.468 bits per heavy atom. The quantitative estimate of drug-likeness (QED) is 0.198. The minimum Gasteiger partial charge on any atom is -0.399 e. The van der Waals surface area contributed by atoms with E-state index in [0.29, 0.717) is 5.82 Å². The van der Waals surface area contributed by atoms with Crippen LogP contribution in [0.25, 0.3) is 45.0 Å². The van der Waals surface area contributed by atoms with Gasteiger partial charge in [0.15, 0.2) is 5.82 Å². The first-order chi connectivity index (χ1) is 23.0. The minimum absolute atomic E-state index is 0.207. The summed E-state index contributed by atoms with van der Waals surface area (Å²) in [5, 5.41) is 0. The van der Waals surface area contributed by atoms with E-state index in [-0.39, 0.29) is 5.41 Å². The Morgan fingerprint density at radius 3 is 1.72 bits per heavy atom. The average Bonchev–Trinajstić information content (AvgIpc) is 3.13. The normalized spacial score (nSPS) is 13.1. The molecule has 0 fully saturated rings. The maximum atomic E-state index is 6.01. The van der Waals surface area contributed by atoms with Crippen LogP contribution < -0.4 is 10.6 Å². The Kier molecular flexibility index (Phi) is 6.92. The smallest absolute Gasteiger partial charge is 0.160 e. The second-order valence-electron chi connectivity index (χ2n) is 12.6. The number of fused-ring (bicyclic) bond motifs is 2. The van der Waals surface area contributed by atoms with Crippen molar-refractivity contribution in [3.8, 4) is 45.0 Å². The number of hydrogen-bond acceptors (Lipinski definition) is 4. The monoisotopic (exact) mass is 606 g/mol. The fourth-order valence-corrected chi connectivity index (χ4v) is 6.71. The molecule has 2 heterocycles. The highest BCUT2D eigenvalue weighted by atomic mass is 15.2. The van der Waals surface area contributed by atoms with Crippen molar-refractivity contribution in [3.05, 3.63) is 169 Å². The Balaban J connectivity index is 1.29. The molecule has 0 spiro atoms. The van der Waals surface area contributed by atoms with Gasteiger partial charge in [-0.2, -0.15) is 0 Å². The molecule has 0 amide bonds. The van der Waals surface area contributed by atoms with Crippen molar-refractivity contribution in [2.45, 2.75) is 19.3 Å². The molecule has 4 nitrogen and oxygen atoms in total. The van der Waals surface area contributed by atoms with Crippen LogP contribution in [0.2, 0.25) is 0 Å². The number of nitrogens with two attached hydrogens (primary N) is 1. The SMILES string of the molecule is CC1(C)c2ccccc2N(c2cccc(-c3nc(-c4ccccc4)cc(-c4ccccc4)n3)c2)c2ccc(-c3ccc(N)cc3)cc21. The number of hydrogen-bond donors (Lipinski definition) is 1. The van der Waals surface area contributed by atoms with Crippen molar-refractivity contribution < 1.29 is 0 Å². The summed E-state index contributed by atoms with van der Waals surface area (Å²) in [4.78, 5) is 12.6. The molecule has 2 N–H and O–H groups in total. The number of nitrogens with zero attached hydrogens (tertiary/aromatic N) is 3. The molecule has 0 atom stereocenters. The molecule has 0 bridgehead atoms. The molecular weight excluding hydrogens is 573 g/mol. The lowest BCUT2D eigenvalue weighted by Crippen LogP contribution is -2.30. The van der Waals surface area contributed by atoms with E-state index in [9.17, 15) is 0 Å². The zero-order chi connectivity index (χ0) is 32.0. The van der Waals surface area contributed by atoms with Crippen molar-refractivity contribution in [1.29, 1.82) is 0 Å². The van der Waals surface area contributed by atoms with E-state index in [1.807, 2.05) is 48.5 Å². The maximum Gasteiger partial charge on any atom is 0.160 e. The van der Waals surface area contributed by atoms with Gasteiger partial charge in [-0.3, -0.25) is 0 Å². The molecule has 0 saturated heterocycles. The predicted molar refractivity (Wildman–Crippen MR) is 195 cm³/mol. The summed E-state index contributed by atoms with van der Waals surface area (Å²) in [6, 6.07) is 55.0. The summed E-state index contributed by atoms with van der Waals surface area (Å²) >= 11 is 0. The summed E-state index contributed by atoms with van der Waals surface area (Å²) in [6.45, 7) is 4.64. The van der Waals surface area contributed by atoms with Crippen molar-refractivity contribution in [1.82, 2.24) is 9.97 Å². The highest BCUT2D eigenvalue weighted by Gasteiger charge is 2.37. The Bertz CT molecular complexity index is 2160. The Morgan fingerprint density at radius 2 is 1.04 bits per heavy atom. The molecule has 1 aliphatic heterocycles. The van der Waals surface area contributed by atoms with Gasteiger partial charge in [-0.05, 0) is 70.8 Å². The maximum absolute atomic E-state index is 6.01. The standard InChI is InChI=1S/C43H34N4/c1-43(2)36-18-9-10-19-40(36)47(41-25-22-32(27-37(41)43)29-20-23-34(44)24-21-29)35-17-11-16-33(26-35)42-45-38(30-12-5-3-6-13-30)28-39(46-42)31-14-7-4-8-15-31/h3-28H,44H2,1-2H3. The number of nitrogen functional groups attached to an aromatic ring is 1. The van der Waals surface area contributed by atoms with Gasteiger partial charge in [-0.1, -0.05) is 123 Å². The van der Waals surface area contributed by atoms with E-state index in [0.717, 1.165) is 50.7 Å². The van der Waals surface area contributed by atoms with Gasteiger partial charge in [0.2, 0.25) is 0 Å². The molecule has 47 heavy (non-hydrogen) atoms. The van der Waals surface area contributed by atoms with Crippen LogP contribution in [0.15, 0.2) is 158 Å². The molecule has 0 radical (unpaired) electrons. The molecule has 226 valence electrons. The minimum atomic E-state index is -0.207. The van der Waals surface area contributed by atoms with Crippen LogP contribution >= 0.6 is 0 Å². The highest BCUT2D eigenvalue weighted by Crippen LogP contribution is 2.52. The van der Waals surface area contributed by atoms with E-state index in [4.69, 9.17) is 15.7 Å². The lowest BCUT2D eigenvalue weighted by Gasteiger charge is -2.42. The van der Waals surface area contributed by atoms with E-state index in [1.54, 1.807) is 0 Å². The summed E-state index contributed by atoms with van der Waals surface area (Å²) in [7, 11) is 0. The van der Waals surface area contributed by atoms with Gasteiger partial charge in [-0.25, -0.2) is 9.97 Å². The van der Waals surface area contributed by atoms with Crippen molar-refractivity contribution >= 4 is 22.7 Å². The van der Waals surface area contributed by atoms with Crippen LogP contribution in [0, 0.1) is 0 Å². The van der Waals surface area contributed by atoms with E-state index < -0.39 is 0 Å². The topological polar surface area (TPSA) is 55.0 Å². The number of aromatic nitrogens is 2. The van der Waals surface area contributed by atoms with Crippen molar-refractivity contribution in [2.75, 3.05) is 10.6 Å². The fourth-order valence-electron chi connectivity index (χ4n) is 6.71. The average molecular weight is 607 g/mol. The van der Waals surface area contributed by atoms with Gasteiger partial charge >= 0.3 is 0 Å². The highest BCUT2D eigenvalue weighted by molar-refractivity contribution is 5.88. The van der Waals surface area contributed by atoms with E-state index >= 15 is 0 Å². The van der Waals surface area contributed by atoms with E-state index in [2.05, 4.69) is 128 Å². The van der Waals surface area contributed by atoms with Crippen molar-refractivity contribution in [2.24, 2.45) is 0 Å². The third-order valence-electron chi connectivity index (χ3n) is 9.20. The summed E-state index contributed by atoms with van der Waals surface area (Å²) < 4.78 is 0. The van der Waals surface area contributed by atoms with Crippen LogP contribution in [0.1, 0.15) is 25.0 Å². The summed E-state index contributed by atoms with van der Waals surface area (Å²) in [5.41, 5.74) is 19.7. The number of para-hydroxylation sites is 1. The van der Waals surface area contributed by atoms with Gasteiger partial charge in [0, 0.05) is 33.5 Å². The Hall–Kier alpha value is -6.00. The van der Waals surface area contributed by atoms with Gasteiger partial charge in [0.1, 0.15) is 0 Å². The van der Waals surface area contributed by atoms with E-state index in [1.165, 1.54) is 22.4 Å². The third-order valence-corrected chi connectivity index (χ3v) is 9.20. The molecule has 4 heteroatoms. The molecule has 6 aromatic carbocycles. The molecule has 8 rings (SSSR count). The van der Waals surface area contributed by atoms with Gasteiger partial charge in [0.05, 0.1) is 22.8 Å². The zero-order valence-corrected chi connectivity index (χ0v) is 26.4. The van der Waals surface area contributed by atoms with Gasteiger partial charge in [-0.15, -0.1) is 0 Å². The molecular formula is C43H34N4. The lowest BCUT2D eigenvalue weighted by atomic mass is 9.73. The van der Waals surface area contributed by atoms with Crippen molar-refractivity contribution in [3.63, 3.8) is 0 Å². The van der Waals surface area contributed by atoms with Gasteiger partial charge in [0.25, 0.3) is 0 Å². The summed E-state index contributed by atoms with van der Waals surface area (Å²) in [6.07, 6.45) is 0. The Labute approximate surface area is 275 Å². The second kappa shape index (κ2) is 11.4.